The van der Waals surface area contributed by atoms with Crippen LogP contribution in [-0.2, 0) is 23.6 Å². The van der Waals surface area contributed by atoms with Crippen LogP contribution in [0.25, 0.3) is 0 Å². The van der Waals surface area contributed by atoms with Crippen LogP contribution in [0, 0.1) is 0 Å². The molecule has 0 amide bonds. The van der Waals surface area contributed by atoms with Gasteiger partial charge in [0.15, 0.2) is 0 Å². The first-order valence-corrected chi connectivity index (χ1v) is 4.35. The summed E-state index contributed by atoms with van der Waals surface area (Å²) in [6.45, 7) is 4.60. The van der Waals surface area contributed by atoms with E-state index in [1.807, 2.05) is 0 Å². The summed E-state index contributed by atoms with van der Waals surface area (Å²) in [5.41, 5.74) is 0.176. The summed E-state index contributed by atoms with van der Waals surface area (Å²) in [6, 6.07) is 0. The van der Waals surface area contributed by atoms with Gasteiger partial charge < -0.3 is 5.11 Å². The molecule has 0 unspecified atom stereocenters. The van der Waals surface area contributed by atoms with Crippen LogP contribution < -0.4 is 0 Å². The minimum absolute atomic E-state index is 0.176. The number of carbonyl (C=O) groups is 1. The fourth-order valence-corrected chi connectivity index (χ4v) is 0.204. The largest absolute Gasteiger partial charge is 0.478 e. The third-order valence-electron chi connectivity index (χ3n) is 0.773. The standard InChI is InChI=1S/C4H6O2.C2H6O4S/c1-3(2)4(5)6;1-5-7(3,4)6-2/h1H2,2H3,(H,5,6);1-2H3. The van der Waals surface area contributed by atoms with Gasteiger partial charge in [-0.3, -0.25) is 8.37 Å². The Morgan fingerprint density at radius 2 is 1.54 bits per heavy atom. The Balaban J connectivity index is 0. The lowest BCUT2D eigenvalue weighted by Crippen LogP contribution is -2.02. The zero-order valence-electron chi connectivity index (χ0n) is 7.60. The van der Waals surface area contributed by atoms with Crippen LogP contribution in [0.1, 0.15) is 6.92 Å². The van der Waals surface area contributed by atoms with Gasteiger partial charge in [0.25, 0.3) is 0 Å². The van der Waals surface area contributed by atoms with E-state index in [4.69, 9.17) is 5.11 Å². The molecule has 78 valence electrons. The molecule has 1 N–H and O–H groups in total. The van der Waals surface area contributed by atoms with Crippen molar-refractivity contribution in [3.63, 3.8) is 0 Å². The minimum Gasteiger partial charge on any atom is -0.478 e. The van der Waals surface area contributed by atoms with E-state index in [0.29, 0.717) is 0 Å². The van der Waals surface area contributed by atoms with E-state index >= 15 is 0 Å². The van der Waals surface area contributed by atoms with Crippen LogP contribution in [0.4, 0.5) is 0 Å². The number of hydrogen-bond acceptors (Lipinski definition) is 5. The molecule has 0 rings (SSSR count). The lowest BCUT2D eigenvalue weighted by atomic mass is 10.4. The third-order valence-corrected chi connectivity index (χ3v) is 1.59. The molecular formula is C6H12O6S. The lowest BCUT2D eigenvalue weighted by Gasteiger charge is -1.91. The zero-order chi connectivity index (χ0) is 11.1. The molecule has 0 bridgehead atoms. The smallest absolute Gasteiger partial charge is 0.399 e. The molecule has 0 radical (unpaired) electrons. The van der Waals surface area contributed by atoms with Crippen molar-refractivity contribution in [1.29, 1.82) is 0 Å². The Hall–Kier alpha value is -0.920. The topological polar surface area (TPSA) is 89.9 Å². The van der Waals surface area contributed by atoms with Gasteiger partial charge in [-0.15, -0.1) is 0 Å². The SMILES string of the molecule is C=C(C)C(=O)O.COS(=O)(=O)OC. The summed E-state index contributed by atoms with van der Waals surface area (Å²) in [5, 5.41) is 7.89. The zero-order valence-corrected chi connectivity index (χ0v) is 8.42. The summed E-state index contributed by atoms with van der Waals surface area (Å²) in [6.07, 6.45) is 0. The van der Waals surface area contributed by atoms with E-state index in [0.717, 1.165) is 14.2 Å². The van der Waals surface area contributed by atoms with Gasteiger partial charge in [-0.2, -0.15) is 8.42 Å². The van der Waals surface area contributed by atoms with E-state index in [1.54, 1.807) is 0 Å². The monoisotopic (exact) mass is 212 g/mol. The van der Waals surface area contributed by atoms with Crippen LogP contribution in [-0.4, -0.2) is 33.7 Å². The normalized spacial score (nSPS) is 9.77. The maximum atomic E-state index is 9.92. The fourth-order valence-electron chi connectivity index (χ4n) is 0.0680. The van der Waals surface area contributed by atoms with Crippen molar-refractivity contribution >= 4 is 16.4 Å². The molecule has 0 heterocycles. The Bertz CT molecular complexity index is 243. The van der Waals surface area contributed by atoms with Crippen LogP contribution in [0.2, 0.25) is 0 Å². The van der Waals surface area contributed by atoms with Gasteiger partial charge in [0.05, 0.1) is 14.2 Å². The summed E-state index contributed by atoms with van der Waals surface area (Å²) in [7, 11) is -1.60. The first-order valence-electron chi connectivity index (χ1n) is 3.01. The van der Waals surface area contributed by atoms with Gasteiger partial charge in [-0.05, 0) is 6.92 Å². The van der Waals surface area contributed by atoms with E-state index in [9.17, 15) is 13.2 Å². The second-order valence-corrected chi connectivity index (χ2v) is 3.31. The highest BCUT2D eigenvalue weighted by Gasteiger charge is 2.01. The lowest BCUT2D eigenvalue weighted by molar-refractivity contribution is -0.132. The first kappa shape index (κ1) is 14.6. The maximum Gasteiger partial charge on any atom is 0.399 e. The highest BCUT2D eigenvalue weighted by Crippen LogP contribution is 1.85. The highest BCUT2D eigenvalue weighted by atomic mass is 32.3. The second kappa shape index (κ2) is 6.58. The van der Waals surface area contributed by atoms with E-state index in [-0.39, 0.29) is 5.57 Å². The van der Waals surface area contributed by atoms with E-state index < -0.39 is 16.4 Å². The summed E-state index contributed by atoms with van der Waals surface area (Å²) >= 11 is 0. The number of carboxylic acids is 1. The molecule has 0 aromatic rings. The summed E-state index contributed by atoms with van der Waals surface area (Å²) < 4.78 is 27.5. The van der Waals surface area contributed by atoms with Crippen molar-refractivity contribution in [2.24, 2.45) is 0 Å². The van der Waals surface area contributed by atoms with Gasteiger partial charge in [-0.1, -0.05) is 6.58 Å². The molecule has 0 aliphatic rings. The molecule has 0 aromatic heterocycles. The maximum absolute atomic E-state index is 9.92. The quantitative estimate of drug-likeness (QED) is 0.671. The van der Waals surface area contributed by atoms with Crippen LogP contribution in [0.5, 0.6) is 0 Å². The molecular weight excluding hydrogens is 200 g/mol. The molecule has 0 atom stereocenters. The summed E-state index contributed by atoms with van der Waals surface area (Å²) in [5.74, 6) is -0.935. The molecule has 0 aromatic carbocycles. The predicted octanol–water partition coefficient (Wildman–Crippen LogP) is 0.171. The van der Waals surface area contributed by atoms with E-state index in [2.05, 4.69) is 14.9 Å². The predicted molar refractivity (Wildman–Crippen MR) is 45.4 cm³/mol. The van der Waals surface area contributed by atoms with Crippen molar-refractivity contribution < 1.29 is 26.7 Å². The average molecular weight is 212 g/mol. The fraction of sp³-hybridized carbons (Fsp3) is 0.500. The van der Waals surface area contributed by atoms with Gasteiger partial charge >= 0.3 is 16.4 Å². The molecule has 0 aliphatic carbocycles. The third kappa shape index (κ3) is 11.1. The Morgan fingerprint density at radius 3 is 1.54 bits per heavy atom. The molecule has 0 spiro atoms. The Labute approximate surface area is 77.1 Å². The Morgan fingerprint density at radius 1 is 1.31 bits per heavy atom. The van der Waals surface area contributed by atoms with Crippen molar-refractivity contribution in [2.45, 2.75) is 6.92 Å². The minimum atomic E-state index is -3.66. The Kier molecular flexibility index (Phi) is 7.39. The number of carboxylic acid groups (broad SMARTS) is 1. The van der Waals surface area contributed by atoms with E-state index in [1.165, 1.54) is 6.92 Å². The van der Waals surface area contributed by atoms with Crippen molar-refractivity contribution in [2.75, 3.05) is 14.2 Å². The van der Waals surface area contributed by atoms with Crippen molar-refractivity contribution in [1.82, 2.24) is 0 Å². The van der Waals surface area contributed by atoms with Crippen molar-refractivity contribution in [3.05, 3.63) is 12.2 Å². The molecule has 0 fully saturated rings. The van der Waals surface area contributed by atoms with Gasteiger partial charge in [0.2, 0.25) is 0 Å². The van der Waals surface area contributed by atoms with Gasteiger partial charge in [0.1, 0.15) is 0 Å². The van der Waals surface area contributed by atoms with Gasteiger partial charge in [-0.25, -0.2) is 4.79 Å². The molecule has 6 nitrogen and oxygen atoms in total. The molecule has 0 saturated heterocycles. The van der Waals surface area contributed by atoms with Crippen LogP contribution in [0.3, 0.4) is 0 Å². The molecule has 13 heavy (non-hydrogen) atoms. The number of aliphatic carboxylic acids is 1. The van der Waals surface area contributed by atoms with Crippen LogP contribution in [0.15, 0.2) is 12.2 Å². The number of hydrogen-bond donors (Lipinski definition) is 1. The van der Waals surface area contributed by atoms with Crippen LogP contribution >= 0.6 is 0 Å². The number of rotatable bonds is 3. The van der Waals surface area contributed by atoms with Gasteiger partial charge in [0, 0.05) is 5.57 Å². The molecule has 0 saturated carbocycles. The first-order chi connectivity index (χ1) is 5.76. The molecule has 0 aliphatic heterocycles. The highest BCUT2D eigenvalue weighted by molar-refractivity contribution is 7.81. The second-order valence-electron chi connectivity index (χ2n) is 1.83. The van der Waals surface area contributed by atoms with Crippen molar-refractivity contribution in [3.8, 4) is 0 Å². The summed E-state index contributed by atoms with van der Waals surface area (Å²) in [4.78, 5) is 9.60. The molecule has 7 heteroatoms. The average Bonchev–Trinajstić information content (AvgIpc) is 2.05.